The first-order chi connectivity index (χ1) is 21.1. The molecule has 15 heteroatoms. The van der Waals surface area contributed by atoms with E-state index >= 15 is 0 Å². The molecule has 4 aromatic rings. The van der Waals surface area contributed by atoms with Crippen molar-refractivity contribution in [3.05, 3.63) is 118 Å². The van der Waals surface area contributed by atoms with Crippen LogP contribution in [0.25, 0.3) is 11.1 Å². The Hall–Kier alpha value is -3.71. The monoisotopic (exact) mass is 683 g/mol. The number of hydrogen-bond donors (Lipinski definition) is 2. The lowest BCUT2D eigenvalue weighted by Crippen LogP contribution is -2.30. The molecule has 9 nitrogen and oxygen atoms in total. The number of hydrogen-bond acceptors (Lipinski definition) is 6. The third kappa shape index (κ3) is 7.25. The number of carbonyl (C=O) groups excluding carboxylic acids is 1. The number of nitrogens with zero attached hydrogens (tertiary/aromatic N) is 1. The Kier molecular flexibility index (Phi) is 10.1. The topological polar surface area (TPSA) is 130 Å². The molecule has 0 aliphatic rings. The summed E-state index contributed by atoms with van der Waals surface area (Å²) < 4.78 is 93.2. The van der Waals surface area contributed by atoms with Gasteiger partial charge in [0.2, 0.25) is 10.0 Å². The van der Waals surface area contributed by atoms with Crippen molar-refractivity contribution in [2.75, 3.05) is 14.2 Å². The first-order valence-corrected chi connectivity index (χ1v) is 16.4. The number of carbonyl (C=O) groups is 1. The summed E-state index contributed by atoms with van der Waals surface area (Å²) in [5.41, 5.74) is -4.22. The van der Waals surface area contributed by atoms with Gasteiger partial charge in [-0.2, -0.15) is 13.1 Å². The third-order valence-corrected chi connectivity index (χ3v) is 9.91. The Bertz CT molecular complexity index is 1880. The molecule has 4 rings (SSSR count). The maximum atomic E-state index is 14.5. The van der Waals surface area contributed by atoms with Gasteiger partial charge in [0, 0.05) is 13.1 Å². The molecule has 0 radical (unpaired) electrons. The number of rotatable bonds is 11. The highest BCUT2D eigenvalue weighted by Crippen LogP contribution is 2.60. The quantitative estimate of drug-likeness (QED) is 0.134. The fraction of sp³-hybridized carbons (Fsp3) is 0.167. The molecule has 238 valence electrons. The number of methoxy groups -OCH3 is 2. The SMILES string of the molecule is COC(=O)c1ccc(-c2ccc(CN(Cc3ccc(C(F)(F)P(=O)(O)O)c(Cl)c3)S(=O)(=O)c3ccccc3OC)cc2)cc1F. The molecule has 0 saturated heterocycles. The van der Waals surface area contributed by atoms with E-state index in [2.05, 4.69) is 4.74 Å². The standard InChI is InChI=1S/C30H26ClF3NO8PS/c1-42-27-5-3-4-6-28(27)45(40,41)35(18-20-9-14-24(25(31)15-20)30(33,34)44(37,38)39)17-19-7-10-21(11-8-19)22-12-13-23(26(32)16-22)29(36)43-2/h3-16H,17-18H2,1-2H3,(H2,37,38,39). The first kappa shape index (κ1) is 34.2. The van der Waals surface area contributed by atoms with Crippen molar-refractivity contribution in [1.82, 2.24) is 4.31 Å². The molecular formula is C30H26ClF3NO8PS. The van der Waals surface area contributed by atoms with Gasteiger partial charge in [-0.1, -0.05) is 66.2 Å². The van der Waals surface area contributed by atoms with E-state index in [0.717, 1.165) is 29.6 Å². The van der Waals surface area contributed by atoms with E-state index in [-0.39, 0.29) is 34.9 Å². The van der Waals surface area contributed by atoms with E-state index in [1.165, 1.54) is 43.5 Å². The second-order valence-electron chi connectivity index (χ2n) is 9.71. The Morgan fingerprint density at radius 2 is 1.51 bits per heavy atom. The number of esters is 1. The van der Waals surface area contributed by atoms with Crippen molar-refractivity contribution < 1.29 is 50.2 Å². The summed E-state index contributed by atoms with van der Waals surface area (Å²) in [7, 11) is -7.76. The van der Waals surface area contributed by atoms with Crippen molar-refractivity contribution in [3.8, 4) is 16.9 Å². The second kappa shape index (κ2) is 13.3. The van der Waals surface area contributed by atoms with Gasteiger partial charge in [-0.05, 0) is 52.6 Å². The lowest BCUT2D eigenvalue weighted by molar-refractivity contribution is 0.0565. The second-order valence-corrected chi connectivity index (χ2v) is 13.7. The van der Waals surface area contributed by atoms with Crippen molar-refractivity contribution in [1.29, 1.82) is 0 Å². The number of sulfonamides is 1. The van der Waals surface area contributed by atoms with Gasteiger partial charge < -0.3 is 19.3 Å². The van der Waals surface area contributed by atoms with Crippen LogP contribution in [0.5, 0.6) is 5.75 Å². The molecule has 0 unspecified atom stereocenters. The minimum atomic E-state index is -5.90. The van der Waals surface area contributed by atoms with Crippen molar-refractivity contribution in [2.45, 2.75) is 23.6 Å². The molecule has 0 amide bonds. The van der Waals surface area contributed by atoms with E-state index in [4.69, 9.17) is 26.1 Å². The fourth-order valence-corrected chi connectivity index (χ4v) is 6.90. The predicted molar refractivity (Wildman–Crippen MR) is 160 cm³/mol. The number of alkyl halides is 2. The van der Waals surface area contributed by atoms with Gasteiger partial charge in [-0.15, -0.1) is 0 Å². The molecule has 0 saturated carbocycles. The van der Waals surface area contributed by atoms with Crippen LogP contribution >= 0.6 is 19.2 Å². The lowest BCUT2D eigenvalue weighted by atomic mass is 10.0. The van der Waals surface area contributed by atoms with Crippen LogP contribution in [0, 0.1) is 5.82 Å². The molecule has 0 aliphatic carbocycles. The van der Waals surface area contributed by atoms with Crippen LogP contribution in [0.4, 0.5) is 13.2 Å². The van der Waals surface area contributed by atoms with E-state index in [1.54, 1.807) is 30.3 Å². The van der Waals surface area contributed by atoms with Gasteiger partial charge in [0.1, 0.15) is 16.5 Å². The van der Waals surface area contributed by atoms with Crippen LogP contribution in [0.3, 0.4) is 0 Å². The molecule has 0 bridgehead atoms. The van der Waals surface area contributed by atoms with Crippen molar-refractivity contribution in [2.24, 2.45) is 0 Å². The number of para-hydroxylation sites is 1. The highest BCUT2D eigenvalue weighted by atomic mass is 35.5. The van der Waals surface area contributed by atoms with Crippen LogP contribution in [0.15, 0.2) is 89.8 Å². The lowest BCUT2D eigenvalue weighted by Gasteiger charge is -2.24. The predicted octanol–water partition coefficient (Wildman–Crippen LogP) is 6.56. The maximum Gasteiger partial charge on any atom is 0.399 e. The zero-order valence-electron chi connectivity index (χ0n) is 23.7. The van der Waals surface area contributed by atoms with E-state index in [1.807, 2.05) is 0 Å². The summed E-state index contributed by atoms with van der Waals surface area (Å²) >= 11 is 6.00. The summed E-state index contributed by atoms with van der Waals surface area (Å²) in [6.45, 7) is -0.585. The molecule has 0 atom stereocenters. The Morgan fingerprint density at radius 1 is 0.911 bits per heavy atom. The third-order valence-electron chi connectivity index (χ3n) is 6.79. The summed E-state index contributed by atoms with van der Waals surface area (Å²) in [5.74, 6) is -1.54. The molecule has 45 heavy (non-hydrogen) atoms. The summed E-state index contributed by atoms with van der Waals surface area (Å²) in [5, 5.41) is -0.662. The highest BCUT2D eigenvalue weighted by molar-refractivity contribution is 7.89. The minimum Gasteiger partial charge on any atom is -0.495 e. The number of benzene rings is 4. The molecule has 0 fully saturated rings. The molecule has 0 heterocycles. The van der Waals surface area contributed by atoms with E-state index in [0.29, 0.717) is 16.7 Å². The number of ether oxygens (including phenoxy) is 2. The van der Waals surface area contributed by atoms with Crippen LogP contribution in [0.2, 0.25) is 5.02 Å². The summed E-state index contributed by atoms with van der Waals surface area (Å²) in [6, 6.07) is 19.2. The van der Waals surface area contributed by atoms with Crippen LogP contribution in [-0.2, 0) is 38.1 Å². The minimum absolute atomic E-state index is 0.0601. The van der Waals surface area contributed by atoms with Gasteiger partial charge in [0.05, 0.1) is 30.4 Å². The molecule has 0 aliphatic heterocycles. The molecule has 2 N–H and O–H groups in total. The van der Waals surface area contributed by atoms with Crippen LogP contribution < -0.4 is 4.74 Å². The Labute approximate surface area is 262 Å². The average molecular weight is 684 g/mol. The average Bonchev–Trinajstić information content (AvgIpc) is 3.00. The van der Waals surface area contributed by atoms with Crippen molar-refractivity contribution in [3.63, 3.8) is 0 Å². The largest absolute Gasteiger partial charge is 0.495 e. The highest BCUT2D eigenvalue weighted by Gasteiger charge is 2.51. The van der Waals surface area contributed by atoms with E-state index < -0.39 is 45.7 Å². The van der Waals surface area contributed by atoms with E-state index in [9.17, 15) is 30.9 Å². The normalized spacial score (nSPS) is 12.3. The summed E-state index contributed by atoms with van der Waals surface area (Å²) in [6.07, 6.45) is 0. The molecule has 0 spiro atoms. The Morgan fingerprint density at radius 3 is 2.09 bits per heavy atom. The van der Waals surface area contributed by atoms with Gasteiger partial charge in [0.15, 0.2) is 0 Å². The smallest absolute Gasteiger partial charge is 0.399 e. The molecule has 0 aromatic heterocycles. The molecular weight excluding hydrogens is 658 g/mol. The van der Waals surface area contributed by atoms with Gasteiger partial charge >= 0.3 is 19.2 Å². The van der Waals surface area contributed by atoms with Gasteiger partial charge in [0.25, 0.3) is 0 Å². The van der Waals surface area contributed by atoms with Crippen molar-refractivity contribution >= 4 is 35.2 Å². The zero-order chi connectivity index (χ0) is 33.2. The zero-order valence-corrected chi connectivity index (χ0v) is 26.1. The maximum absolute atomic E-state index is 14.5. The first-order valence-electron chi connectivity index (χ1n) is 12.9. The Balaban J connectivity index is 1.70. The van der Waals surface area contributed by atoms with Crippen LogP contribution in [-0.4, -0.2) is 42.7 Å². The van der Waals surface area contributed by atoms with Gasteiger partial charge in [-0.25, -0.2) is 17.6 Å². The van der Waals surface area contributed by atoms with Crippen LogP contribution in [0.1, 0.15) is 27.0 Å². The molecule has 4 aromatic carbocycles. The summed E-state index contributed by atoms with van der Waals surface area (Å²) in [4.78, 5) is 29.7. The van der Waals surface area contributed by atoms with Gasteiger partial charge in [-0.3, -0.25) is 4.57 Å². The number of halogens is 4. The fourth-order valence-electron chi connectivity index (χ4n) is 4.43.